The van der Waals surface area contributed by atoms with Crippen molar-refractivity contribution in [2.75, 3.05) is 0 Å². The van der Waals surface area contributed by atoms with Crippen molar-refractivity contribution in [2.24, 2.45) is 0 Å². The molecule has 2 aromatic carbocycles. The summed E-state index contributed by atoms with van der Waals surface area (Å²) >= 11 is 0. The number of ether oxygens (including phenoxy) is 1. The van der Waals surface area contributed by atoms with Crippen molar-refractivity contribution in [1.29, 1.82) is 0 Å². The quantitative estimate of drug-likeness (QED) is 0.344. The molecule has 0 heterocycles. The molecule has 0 bridgehead atoms. The minimum absolute atomic E-state index is 0.0401. The Morgan fingerprint density at radius 3 is 2.28 bits per heavy atom. The number of Topliss-reactive ketones (excluding diaryl/α,β-unsaturated/α-hetero) is 1. The van der Waals surface area contributed by atoms with E-state index in [2.05, 4.69) is 0 Å². The minimum atomic E-state index is -0.986. The Morgan fingerprint density at radius 2 is 1.72 bits per heavy atom. The molecule has 0 saturated heterocycles. The maximum atomic E-state index is 12.4. The predicted molar refractivity (Wildman–Crippen MR) is 92.9 cm³/mol. The third-order valence-electron chi connectivity index (χ3n) is 3.94. The zero-order valence-corrected chi connectivity index (χ0v) is 14.3. The smallest absolute Gasteiger partial charge is 0.339 e. The Morgan fingerprint density at radius 1 is 1.12 bits per heavy atom. The summed E-state index contributed by atoms with van der Waals surface area (Å²) in [7, 11) is 0. The van der Waals surface area contributed by atoms with Gasteiger partial charge in [0.1, 0.15) is 0 Å². The number of esters is 1. The third-order valence-corrected chi connectivity index (χ3v) is 3.94. The monoisotopic (exact) mass is 341 g/mol. The van der Waals surface area contributed by atoms with Gasteiger partial charge in [-0.1, -0.05) is 37.3 Å². The molecule has 0 amide bonds. The topological polar surface area (TPSA) is 86.5 Å². The Kier molecular flexibility index (Phi) is 5.64. The molecule has 6 heteroatoms. The van der Waals surface area contributed by atoms with Gasteiger partial charge in [0.25, 0.3) is 5.69 Å². The van der Waals surface area contributed by atoms with Crippen molar-refractivity contribution in [3.8, 4) is 0 Å². The van der Waals surface area contributed by atoms with E-state index in [0.29, 0.717) is 11.1 Å². The second kappa shape index (κ2) is 7.70. The fourth-order valence-electron chi connectivity index (χ4n) is 2.35. The molecule has 0 radical (unpaired) electrons. The van der Waals surface area contributed by atoms with E-state index in [9.17, 15) is 19.7 Å². The van der Waals surface area contributed by atoms with Gasteiger partial charge in [0, 0.05) is 17.2 Å². The normalized spacial score (nSPS) is 11.6. The van der Waals surface area contributed by atoms with Crippen molar-refractivity contribution in [3.05, 3.63) is 74.8 Å². The molecule has 1 unspecified atom stereocenters. The third kappa shape index (κ3) is 4.29. The van der Waals surface area contributed by atoms with Gasteiger partial charge in [-0.05, 0) is 31.9 Å². The van der Waals surface area contributed by atoms with Gasteiger partial charge in [-0.3, -0.25) is 14.9 Å². The molecule has 0 saturated carbocycles. The summed E-state index contributed by atoms with van der Waals surface area (Å²) in [5.74, 6) is -1.09. The Balaban J connectivity index is 2.12. The van der Waals surface area contributed by atoms with Crippen LogP contribution in [0.3, 0.4) is 0 Å². The van der Waals surface area contributed by atoms with E-state index in [4.69, 9.17) is 4.74 Å². The van der Waals surface area contributed by atoms with Crippen LogP contribution in [0.2, 0.25) is 0 Å². The highest BCUT2D eigenvalue weighted by atomic mass is 16.6. The SMILES string of the molecule is CCc1ccc(C(=O)C(C)OC(=O)c2ccc(C)c([N+](=O)[O-])c2)cc1. The number of hydrogen-bond acceptors (Lipinski definition) is 5. The average Bonchev–Trinajstić information content (AvgIpc) is 2.61. The van der Waals surface area contributed by atoms with E-state index < -0.39 is 17.0 Å². The summed E-state index contributed by atoms with van der Waals surface area (Å²) < 4.78 is 5.17. The van der Waals surface area contributed by atoms with Crippen molar-refractivity contribution < 1.29 is 19.2 Å². The van der Waals surface area contributed by atoms with E-state index in [1.165, 1.54) is 19.1 Å². The number of nitrogens with zero attached hydrogens (tertiary/aromatic N) is 1. The average molecular weight is 341 g/mol. The van der Waals surface area contributed by atoms with Gasteiger partial charge in [0.15, 0.2) is 6.10 Å². The van der Waals surface area contributed by atoms with Crippen LogP contribution >= 0.6 is 0 Å². The van der Waals surface area contributed by atoms with Gasteiger partial charge in [0.05, 0.1) is 10.5 Å². The summed E-state index contributed by atoms with van der Waals surface area (Å²) in [6, 6.07) is 11.2. The molecule has 130 valence electrons. The fourth-order valence-corrected chi connectivity index (χ4v) is 2.35. The Bertz CT molecular complexity index is 811. The highest BCUT2D eigenvalue weighted by Crippen LogP contribution is 2.20. The van der Waals surface area contributed by atoms with Crippen LogP contribution in [0.15, 0.2) is 42.5 Å². The van der Waals surface area contributed by atoms with Gasteiger partial charge in [0.2, 0.25) is 5.78 Å². The second-order valence-electron chi connectivity index (χ2n) is 5.72. The van der Waals surface area contributed by atoms with Gasteiger partial charge in [-0.25, -0.2) is 4.79 Å². The summed E-state index contributed by atoms with van der Waals surface area (Å²) in [5, 5.41) is 11.0. The van der Waals surface area contributed by atoms with Crippen LogP contribution in [0.25, 0.3) is 0 Å². The first-order chi connectivity index (χ1) is 11.8. The van der Waals surface area contributed by atoms with Crippen LogP contribution in [-0.4, -0.2) is 22.8 Å². The fraction of sp³-hybridized carbons (Fsp3) is 0.263. The van der Waals surface area contributed by atoms with Gasteiger partial charge >= 0.3 is 5.97 Å². The molecule has 0 aromatic heterocycles. The van der Waals surface area contributed by atoms with Crippen molar-refractivity contribution in [1.82, 2.24) is 0 Å². The lowest BCUT2D eigenvalue weighted by molar-refractivity contribution is -0.385. The number of ketones is 1. The number of nitro groups is 1. The van der Waals surface area contributed by atoms with Crippen molar-refractivity contribution in [3.63, 3.8) is 0 Å². The van der Waals surface area contributed by atoms with E-state index in [-0.39, 0.29) is 17.0 Å². The van der Waals surface area contributed by atoms with Crippen LogP contribution in [-0.2, 0) is 11.2 Å². The number of hydrogen-bond donors (Lipinski definition) is 0. The molecule has 0 spiro atoms. The van der Waals surface area contributed by atoms with Crippen LogP contribution < -0.4 is 0 Å². The molecule has 25 heavy (non-hydrogen) atoms. The van der Waals surface area contributed by atoms with Crippen LogP contribution in [0.5, 0.6) is 0 Å². The Hall–Kier alpha value is -3.02. The lowest BCUT2D eigenvalue weighted by atomic mass is 10.0. The maximum absolute atomic E-state index is 12.4. The molecule has 6 nitrogen and oxygen atoms in total. The molecule has 0 aliphatic rings. The van der Waals surface area contributed by atoms with Crippen molar-refractivity contribution in [2.45, 2.75) is 33.3 Å². The number of carbonyl (C=O) groups is 2. The number of aryl methyl sites for hydroxylation is 2. The lowest BCUT2D eigenvalue weighted by Gasteiger charge is -2.13. The van der Waals surface area contributed by atoms with Crippen LogP contribution in [0.1, 0.15) is 45.7 Å². The summed E-state index contributed by atoms with van der Waals surface area (Å²) in [6.07, 6.45) is -0.120. The molecule has 2 rings (SSSR count). The Labute approximate surface area is 145 Å². The maximum Gasteiger partial charge on any atom is 0.339 e. The summed E-state index contributed by atoms with van der Waals surface area (Å²) in [6.45, 7) is 5.08. The van der Waals surface area contributed by atoms with E-state index in [0.717, 1.165) is 18.1 Å². The zero-order valence-electron chi connectivity index (χ0n) is 14.3. The summed E-state index contributed by atoms with van der Waals surface area (Å²) in [4.78, 5) is 34.9. The number of benzene rings is 2. The molecule has 0 fully saturated rings. The van der Waals surface area contributed by atoms with Crippen molar-refractivity contribution >= 4 is 17.4 Å². The standard InChI is InChI=1S/C19H19NO5/c1-4-14-6-9-15(10-7-14)18(21)13(3)25-19(22)16-8-5-12(2)17(11-16)20(23)24/h5-11,13H,4H2,1-3H3. The van der Waals surface area contributed by atoms with E-state index in [1.54, 1.807) is 19.1 Å². The highest BCUT2D eigenvalue weighted by Gasteiger charge is 2.22. The number of carbonyl (C=O) groups excluding carboxylic acids is 2. The first-order valence-corrected chi connectivity index (χ1v) is 7.92. The molecule has 0 aliphatic carbocycles. The number of rotatable bonds is 6. The second-order valence-corrected chi connectivity index (χ2v) is 5.72. The number of nitro benzene ring substituents is 1. The molecule has 0 N–H and O–H groups in total. The van der Waals surface area contributed by atoms with Gasteiger partial charge in [-0.15, -0.1) is 0 Å². The minimum Gasteiger partial charge on any atom is -0.451 e. The van der Waals surface area contributed by atoms with E-state index >= 15 is 0 Å². The molecule has 0 aliphatic heterocycles. The van der Waals surface area contributed by atoms with Gasteiger partial charge < -0.3 is 4.74 Å². The predicted octanol–water partition coefficient (Wildman–Crippen LogP) is 3.89. The first-order valence-electron chi connectivity index (χ1n) is 7.92. The molecule has 2 aromatic rings. The van der Waals surface area contributed by atoms with Gasteiger partial charge in [-0.2, -0.15) is 0 Å². The first kappa shape index (κ1) is 18.3. The lowest BCUT2D eigenvalue weighted by Crippen LogP contribution is -2.24. The van der Waals surface area contributed by atoms with E-state index in [1.807, 2.05) is 19.1 Å². The van der Waals surface area contributed by atoms with Crippen LogP contribution in [0.4, 0.5) is 5.69 Å². The largest absolute Gasteiger partial charge is 0.451 e. The highest BCUT2D eigenvalue weighted by molar-refractivity contribution is 6.01. The summed E-state index contributed by atoms with van der Waals surface area (Å²) in [5.41, 5.74) is 1.88. The zero-order chi connectivity index (χ0) is 18.6. The molecular weight excluding hydrogens is 322 g/mol. The molecular formula is C19H19NO5. The van der Waals surface area contributed by atoms with Crippen LogP contribution in [0, 0.1) is 17.0 Å². The molecule has 1 atom stereocenters.